The normalized spacial score (nSPS) is 15.6. The van der Waals surface area contributed by atoms with Crippen molar-refractivity contribution in [2.45, 2.75) is 64.4 Å². The largest absolute Gasteiger partial charge is 0.489 e. The van der Waals surface area contributed by atoms with Gasteiger partial charge in [0, 0.05) is 19.0 Å². The Morgan fingerprint density at radius 1 is 1.23 bits per heavy atom. The highest BCUT2D eigenvalue weighted by Crippen LogP contribution is 2.32. The van der Waals surface area contributed by atoms with Crippen LogP contribution in [0, 0.1) is 5.92 Å². The van der Waals surface area contributed by atoms with Crippen LogP contribution in [0.2, 0.25) is 0 Å². The summed E-state index contributed by atoms with van der Waals surface area (Å²) >= 11 is 0. The van der Waals surface area contributed by atoms with Gasteiger partial charge >= 0.3 is 0 Å². The Morgan fingerprint density at radius 3 is 2.38 bits per heavy atom. The van der Waals surface area contributed by atoms with Gasteiger partial charge in [0.2, 0.25) is 15.9 Å². The highest BCUT2D eigenvalue weighted by molar-refractivity contribution is 7.89. The van der Waals surface area contributed by atoms with Crippen LogP contribution in [0.25, 0.3) is 0 Å². The second kappa shape index (κ2) is 8.86. The van der Waals surface area contributed by atoms with E-state index in [9.17, 15) is 13.2 Å². The summed E-state index contributed by atoms with van der Waals surface area (Å²) in [5.41, 5.74) is 0.420. The van der Waals surface area contributed by atoms with Crippen LogP contribution in [0.3, 0.4) is 0 Å². The number of rotatable bonds is 8. The van der Waals surface area contributed by atoms with E-state index in [-0.39, 0.29) is 22.8 Å². The molecule has 0 aromatic heterocycles. The van der Waals surface area contributed by atoms with Crippen LogP contribution < -0.4 is 10.1 Å². The maximum Gasteiger partial charge on any atom is 0.243 e. The number of carbonyl (C=O) groups excluding carboxylic acids is 1. The fourth-order valence-corrected chi connectivity index (χ4v) is 4.74. The highest BCUT2D eigenvalue weighted by atomic mass is 32.2. The van der Waals surface area contributed by atoms with Crippen LogP contribution in [0.1, 0.15) is 53.4 Å². The van der Waals surface area contributed by atoms with Crippen LogP contribution in [0.4, 0.5) is 5.69 Å². The number of nitrogens with zero attached hydrogens (tertiary/aromatic N) is 1. The number of carbonyl (C=O) groups is 1. The molecule has 0 aliphatic heterocycles. The molecule has 1 aliphatic rings. The fourth-order valence-electron chi connectivity index (χ4n) is 3.26. The van der Waals surface area contributed by atoms with E-state index in [2.05, 4.69) is 5.32 Å². The molecule has 2 rings (SSSR count). The fraction of sp³-hybridized carbons (Fsp3) is 0.632. The van der Waals surface area contributed by atoms with E-state index in [1.54, 1.807) is 19.9 Å². The van der Waals surface area contributed by atoms with Crippen molar-refractivity contribution in [2.24, 2.45) is 5.92 Å². The molecule has 0 atom stereocenters. The molecule has 1 N–H and O–H groups in total. The number of ether oxygens (including phenoxy) is 1. The SMILES string of the molecule is CCN(CC)S(=O)(=O)c1ccc(OC(C)C)c(NC(=O)C2CCCC2)c1. The second-order valence-corrected chi connectivity index (χ2v) is 8.82. The molecule has 1 saturated carbocycles. The van der Waals surface area contributed by atoms with Crippen LogP contribution in [-0.4, -0.2) is 37.8 Å². The molecule has 0 bridgehead atoms. The van der Waals surface area contributed by atoms with Crippen molar-refractivity contribution in [2.75, 3.05) is 18.4 Å². The lowest BCUT2D eigenvalue weighted by molar-refractivity contribution is -0.119. The first kappa shape index (κ1) is 20.7. The predicted molar refractivity (Wildman–Crippen MR) is 103 cm³/mol. The van der Waals surface area contributed by atoms with Crippen LogP contribution in [0.5, 0.6) is 5.75 Å². The van der Waals surface area contributed by atoms with E-state index >= 15 is 0 Å². The minimum absolute atomic E-state index is 0.00931. The maximum absolute atomic E-state index is 12.8. The lowest BCUT2D eigenvalue weighted by atomic mass is 10.1. The summed E-state index contributed by atoms with van der Waals surface area (Å²) in [6.07, 6.45) is 3.79. The standard InChI is InChI=1S/C19H30N2O4S/c1-5-21(6-2)26(23,24)16-11-12-18(25-14(3)4)17(13-16)20-19(22)15-9-7-8-10-15/h11-15H,5-10H2,1-4H3,(H,20,22). The Morgan fingerprint density at radius 2 is 1.85 bits per heavy atom. The van der Waals surface area contributed by atoms with E-state index in [0.29, 0.717) is 24.5 Å². The zero-order valence-corrected chi connectivity index (χ0v) is 16.9. The third-order valence-corrected chi connectivity index (χ3v) is 6.69. The summed E-state index contributed by atoms with van der Waals surface area (Å²) in [6, 6.07) is 4.68. The van der Waals surface area contributed by atoms with Gasteiger partial charge < -0.3 is 10.1 Å². The zero-order valence-electron chi connectivity index (χ0n) is 16.1. The molecule has 0 saturated heterocycles. The molecule has 0 unspecified atom stereocenters. The molecule has 0 heterocycles. The first-order chi connectivity index (χ1) is 12.3. The predicted octanol–water partition coefficient (Wildman–Crippen LogP) is 3.63. The molecular weight excluding hydrogens is 352 g/mol. The minimum Gasteiger partial charge on any atom is -0.489 e. The molecule has 1 fully saturated rings. The molecule has 0 spiro atoms. The third-order valence-electron chi connectivity index (χ3n) is 4.64. The summed E-state index contributed by atoms with van der Waals surface area (Å²) in [7, 11) is -3.60. The van der Waals surface area contributed by atoms with Gasteiger partial charge in [0.25, 0.3) is 0 Å². The van der Waals surface area contributed by atoms with Gasteiger partial charge in [0.05, 0.1) is 16.7 Å². The molecule has 6 nitrogen and oxygen atoms in total. The first-order valence-electron chi connectivity index (χ1n) is 9.41. The van der Waals surface area contributed by atoms with Crippen molar-refractivity contribution < 1.29 is 17.9 Å². The van der Waals surface area contributed by atoms with Gasteiger partial charge in [0.1, 0.15) is 5.75 Å². The summed E-state index contributed by atoms with van der Waals surface area (Å²) < 4.78 is 32.8. The molecule has 0 radical (unpaired) electrons. The average molecular weight is 383 g/mol. The molecule has 1 aromatic carbocycles. The van der Waals surface area contributed by atoms with Gasteiger partial charge in [-0.3, -0.25) is 4.79 Å². The zero-order chi connectivity index (χ0) is 19.3. The number of nitrogens with one attached hydrogen (secondary N) is 1. The van der Waals surface area contributed by atoms with E-state index in [1.807, 2.05) is 13.8 Å². The third kappa shape index (κ3) is 4.76. The van der Waals surface area contributed by atoms with E-state index in [4.69, 9.17) is 4.74 Å². The molecule has 146 valence electrons. The summed E-state index contributed by atoms with van der Waals surface area (Å²) in [5.74, 6) is 0.420. The number of anilines is 1. The minimum atomic E-state index is -3.60. The average Bonchev–Trinajstić information content (AvgIpc) is 3.11. The van der Waals surface area contributed by atoms with Gasteiger partial charge in [-0.2, -0.15) is 4.31 Å². The van der Waals surface area contributed by atoms with E-state index < -0.39 is 10.0 Å². The van der Waals surface area contributed by atoms with Crippen molar-refractivity contribution in [1.82, 2.24) is 4.31 Å². The number of benzene rings is 1. The molecule has 1 amide bonds. The van der Waals surface area contributed by atoms with Crippen molar-refractivity contribution in [1.29, 1.82) is 0 Å². The number of amides is 1. The van der Waals surface area contributed by atoms with Crippen molar-refractivity contribution in [3.05, 3.63) is 18.2 Å². The Labute approximate surface area is 157 Å². The molecule has 1 aromatic rings. The Balaban J connectivity index is 2.36. The van der Waals surface area contributed by atoms with Gasteiger partial charge in [-0.15, -0.1) is 0 Å². The number of hydrogen-bond donors (Lipinski definition) is 1. The smallest absolute Gasteiger partial charge is 0.243 e. The molecule has 7 heteroatoms. The van der Waals surface area contributed by atoms with Gasteiger partial charge in [-0.25, -0.2) is 8.42 Å². The van der Waals surface area contributed by atoms with Gasteiger partial charge in [0.15, 0.2) is 0 Å². The Kier molecular flexibility index (Phi) is 7.06. The molecular formula is C19H30N2O4S. The topological polar surface area (TPSA) is 75.7 Å². The van der Waals surface area contributed by atoms with Crippen molar-refractivity contribution in [3.8, 4) is 5.75 Å². The summed E-state index contributed by atoms with van der Waals surface area (Å²) in [4.78, 5) is 12.7. The van der Waals surface area contributed by atoms with E-state index in [1.165, 1.54) is 16.4 Å². The van der Waals surface area contributed by atoms with Crippen LogP contribution >= 0.6 is 0 Å². The number of sulfonamides is 1. The Bertz CT molecular complexity index is 721. The Hall–Kier alpha value is -1.60. The summed E-state index contributed by atoms with van der Waals surface area (Å²) in [5, 5.41) is 2.90. The van der Waals surface area contributed by atoms with Crippen LogP contribution in [-0.2, 0) is 14.8 Å². The molecule has 1 aliphatic carbocycles. The van der Waals surface area contributed by atoms with Gasteiger partial charge in [-0.05, 0) is 44.9 Å². The highest BCUT2D eigenvalue weighted by Gasteiger charge is 2.26. The summed E-state index contributed by atoms with van der Waals surface area (Å²) in [6.45, 7) is 8.19. The molecule has 26 heavy (non-hydrogen) atoms. The first-order valence-corrected chi connectivity index (χ1v) is 10.8. The van der Waals surface area contributed by atoms with Crippen molar-refractivity contribution in [3.63, 3.8) is 0 Å². The number of hydrogen-bond acceptors (Lipinski definition) is 4. The van der Waals surface area contributed by atoms with E-state index in [0.717, 1.165) is 25.7 Å². The van der Waals surface area contributed by atoms with Crippen LogP contribution in [0.15, 0.2) is 23.1 Å². The van der Waals surface area contributed by atoms with Crippen molar-refractivity contribution >= 4 is 21.6 Å². The van der Waals surface area contributed by atoms with Gasteiger partial charge in [-0.1, -0.05) is 26.7 Å². The lowest BCUT2D eigenvalue weighted by Gasteiger charge is -2.21. The second-order valence-electron chi connectivity index (χ2n) is 6.88. The monoisotopic (exact) mass is 382 g/mol. The maximum atomic E-state index is 12.8. The quantitative estimate of drug-likeness (QED) is 0.745. The lowest BCUT2D eigenvalue weighted by Crippen LogP contribution is -2.30.